The molecule has 0 rings (SSSR count). The Morgan fingerprint density at radius 1 is 0.719 bits per heavy atom. The van der Waals surface area contributed by atoms with E-state index in [-0.39, 0.29) is 25.7 Å². The largest absolute Gasteiger partial charge is 0.481 e. The van der Waals surface area contributed by atoms with E-state index in [1.54, 1.807) is 0 Å². The summed E-state index contributed by atoms with van der Waals surface area (Å²) < 4.78 is 0. The fourth-order valence-corrected chi connectivity index (χ4v) is 2.31. The average Bonchev–Trinajstić information content (AvgIpc) is 2.69. The Morgan fingerprint density at radius 3 is 1.75 bits per heavy atom. The smallest absolute Gasteiger partial charge is 0.326 e. The molecule has 0 radical (unpaired) electrons. The average molecular weight is 461 g/mol. The molecule has 180 valence electrons. The third-order valence-corrected chi connectivity index (χ3v) is 4.02. The Bertz CT molecular complexity index is 741. The van der Waals surface area contributed by atoms with Gasteiger partial charge in [0.25, 0.3) is 0 Å². The van der Waals surface area contributed by atoms with Gasteiger partial charge in [-0.3, -0.25) is 28.8 Å². The summed E-state index contributed by atoms with van der Waals surface area (Å²) in [5, 5.41) is 32.8. The molecule has 0 bridgehead atoms. The predicted molar refractivity (Wildman–Crippen MR) is 105 cm³/mol. The summed E-state index contributed by atoms with van der Waals surface area (Å²) in [6.07, 6.45) is -2.11. The van der Waals surface area contributed by atoms with Crippen LogP contribution >= 0.6 is 0 Å². The minimum Gasteiger partial charge on any atom is -0.481 e. The monoisotopic (exact) mass is 461 g/mol. The van der Waals surface area contributed by atoms with E-state index >= 15 is 0 Å². The van der Waals surface area contributed by atoms with Gasteiger partial charge >= 0.3 is 17.9 Å². The highest BCUT2D eigenvalue weighted by atomic mass is 16.4. The summed E-state index contributed by atoms with van der Waals surface area (Å²) >= 11 is 0. The van der Waals surface area contributed by atoms with Crippen molar-refractivity contribution in [3.63, 3.8) is 0 Å². The van der Waals surface area contributed by atoms with E-state index in [4.69, 9.17) is 26.8 Å². The molecule has 0 aliphatic heterocycles. The first-order valence-corrected chi connectivity index (χ1v) is 9.41. The Kier molecular flexibility index (Phi) is 12.6. The molecule has 3 atom stereocenters. The molecule has 4 amide bonds. The molecule has 10 N–H and O–H groups in total. The van der Waals surface area contributed by atoms with Crippen molar-refractivity contribution in [2.45, 2.75) is 56.7 Å². The summed E-state index contributed by atoms with van der Waals surface area (Å²) in [5.41, 5.74) is 10.5. The molecular formula is C17H27N5O10. The van der Waals surface area contributed by atoms with E-state index < -0.39 is 79.0 Å². The standard InChI is InChI=1S/C17H27N5O10/c18-8(1-5-13(25)26)15(29)20-7-12(24)21-9(2-4-11(19)23)16(30)22-10(17(31)32)3-6-14(27)28/h8-10H,1-7,18H2,(H2,19,23)(H,20,29)(H,21,24)(H,22,30)(H,25,26)(H,27,28)(H,31,32). The van der Waals surface area contributed by atoms with Crippen LogP contribution in [0, 0.1) is 0 Å². The Labute approximate surface area is 181 Å². The second-order valence-corrected chi connectivity index (χ2v) is 6.71. The topological polar surface area (TPSA) is 268 Å². The van der Waals surface area contributed by atoms with Crippen molar-refractivity contribution < 1.29 is 48.9 Å². The summed E-state index contributed by atoms with van der Waals surface area (Å²) in [4.78, 5) is 79.6. The molecule has 32 heavy (non-hydrogen) atoms. The third-order valence-electron chi connectivity index (χ3n) is 4.02. The van der Waals surface area contributed by atoms with Gasteiger partial charge in [0.2, 0.25) is 23.6 Å². The van der Waals surface area contributed by atoms with Crippen molar-refractivity contribution in [1.82, 2.24) is 16.0 Å². The lowest BCUT2D eigenvalue weighted by Crippen LogP contribution is -2.54. The SMILES string of the molecule is NC(=O)CCC(NC(=O)CNC(=O)C(N)CCC(=O)O)C(=O)NC(CCC(=O)O)C(=O)O. The Balaban J connectivity index is 4.96. The summed E-state index contributed by atoms with van der Waals surface area (Å²) in [6, 6.07) is -4.14. The number of aliphatic carboxylic acids is 3. The van der Waals surface area contributed by atoms with E-state index in [0.717, 1.165) is 0 Å². The second kappa shape index (κ2) is 14.3. The van der Waals surface area contributed by atoms with Crippen LogP contribution in [-0.4, -0.2) is 81.5 Å². The van der Waals surface area contributed by atoms with Gasteiger partial charge < -0.3 is 42.7 Å². The number of hydrogen-bond acceptors (Lipinski definition) is 8. The number of amides is 4. The van der Waals surface area contributed by atoms with Crippen LogP contribution in [0.1, 0.15) is 38.5 Å². The van der Waals surface area contributed by atoms with Gasteiger partial charge in [-0.2, -0.15) is 0 Å². The number of primary amides is 1. The second-order valence-electron chi connectivity index (χ2n) is 6.71. The lowest BCUT2D eigenvalue weighted by Gasteiger charge is -2.21. The first kappa shape index (κ1) is 28.2. The van der Waals surface area contributed by atoms with Crippen molar-refractivity contribution >= 4 is 41.5 Å². The molecule has 0 aliphatic rings. The number of nitrogens with two attached hydrogens (primary N) is 2. The normalized spacial score (nSPS) is 13.2. The van der Waals surface area contributed by atoms with Crippen LogP contribution in [0.2, 0.25) is 0 Å². The van der Waals surface area contributed by atoms with Gasteiger partial charge in [-0.05, 0) is 19.3 Å². The van der Waals surface area contributed by atoms with Crippen LogP contribution in [0.4, 0.5) is 0 Å². The van der Waals surface area contributed by atoms with E-state index in [0.29, 0.717) is 0 Å². The summed E-state index contributed by atoms with van der Waals surface area (Å²) in [6.45, 7) is -0.638. The first-order chi connectivity index (χ1) is 14.8. The van der Waals surface area contributed by atoms with Crippen molar-refractivity contribution in [3.05, 3.63) is 0 Å². The highest BCUT2D eigenvalue weighted by molar-refractivity contribution is 5.93. The number of carboxylic acids is 3. The van der Waals surface area contributed by atoms with Gasteiger partial charge in [0.1, 0.15) is 12.1 Å². The Hall–Kier alpha value is -3.75. The molecule has 0 heterocycles. The molecule has 0 aromatic heterocycles. The zero-order chi connectivity index (χ0) is 24.8. The molecule has 0 saturated carbocycles. The minimum absolute atomic E-state index is 0.167. The van der Waals surface area contributed by atoms with E-state index in [2.05, 4.69) is 16.0 Å². The molecule has 0 spiro atoms. The quantitative estimate of drug-likeness (QED) is 0.112. The molecule has 15 heteroatoms. The molecular weight excluding hydrogens is 434 g/mol. The molecule has 0 saturated heterocycles. The lowest BCUT2D eigenvalue weighted by molar-refractivity contribution is -0.143. The van der Waals surface area contributed by atoms with Crippen molar-refractivity contribution in [1.29, 1.82) is 0 Å². The van der Waals surface area contributed by atoms with Crippen molar-refractivity contribution in [2.24, 2.45) is 11.5 Å². The van der Waals surface area contributed by atoms with Gasteiger partial charge in [0.15, 0.2) is 0 Å². The fraction of sp³-hybridized carbons (Fsp3) is 0.588. The van der Waals surface area contributed by atoms with Crippen LogP contribution < -0.4 is 27.4 Å². The van der Waals surface area contributed by atoms with Crippen molar-refractivity contribution in [2.75, 3.05) is 6.54 Å². The van der Waals surface area contributed by atoms with Gasteiger partial charge in [-0.1, -0.05) is 0 Å². The predicted octanol–water partition coefficient (Wildman–Crippen LogP) is -3.52. The number of nitrogens with one attached hydrogen (secondary N) is 3. The number of carbonyl (C=O) groups excluding carboxylic acids is 4. The maximum atomic E-state index is 12.4. The molecule has 15 nitrogen and oxygen atoms in total. The van der Waals surface area contributed by atoms with Crippen LogP contribution in [0.3, 0.4) is 0 Å². The molecule has 0 aromatic carbocycles. The molecule has 0 aliphatic carbocycles. The van der Waals surface area contributed by atoms with Gasteiger partial charge in [-0.25, -0.2) is 4.79 Å². The minimum atomic E-state index is -1.56. The van der Waals surface area contributed by atoms with E-state index in [1.165, 1.54) is 0 Å². The zero-order valence-electron chi connectivity index (χ0n) is 17.0. The summed E-state index contributed by atoms with van der Waals surface area (Å²) in [7, 11) is 0. The van der Waals surface area contributed by atoms with Crippen molar-refractivity contribution in [3.8, 4) is 0 Å². The Morgan fingerprint density at radius 2 is 1.25 bits per heavy atom. The maximum Gasteiger partial charge on any atom is 0.326 e. The summed E-state index contributed by atoms with van der Waals surface area (Å²) in [5.74, 6) is -7.41. The van der Waals surface area contributed by atoms with Crippen LogP contribution in [0.5, 0.6) is 0 Å². The van der Waals surface area contributed by atoms with Gasteiger partial charge in [-0.15, -0.1) is 0 Å². The highest BCUT2D eigenvalue weighted by Crippen LogP contribution is 2.03. The number of rotatable bonds is 16. The van der Waals surface area contributed by atoms with Crippen LogP contribution in [0.15, 0.2) is 0 Å². The van der Waals surface area contributed by atoms with Gasteiger partial charge in [0.05, 0.1) is 12.6 Å². The van der Waals surface area contributed by atoms with Gasteiger partial charge in [0, 0.05) is 19.3 Å². The number of carboxylic acid groups (broad SMARTS) is 3. The fourth-order valence-electron chi connectivity index (χ4n) is 2.31. The molecule has 0 fully saturated rings. The third kappa shape index (κ3) is 12.7. The first-order valence-electron chi connectivity index (χ1n) is 9.41. The zero-order valence-corrected chi connectivity index (χ0v) is 17.0. The maximum absolute atomic E-state index is 12.4. The van der Waals surface area contributed by atoms with E-state index in [1.807, 2.05) is 0 Å². The highest BCUT2D eigenvalue weighted by Gasteiger charge is 2.27. The molecule has 3 unspecified atom stereocenters. The number of carbonyl (C=O) groups is 7. The van der Waals surface area contributed by atoms with E-state index in [9.17, 15) is 33.6 Å². The van der Waals surface area contributed by atoms with Crippen LogP contribution in [0.25, 0.3) is 0 Å². The lowest BCUT2D eigenvalue weighted by atomic mass is 10.1. The van der Waals surface area contributed by atoms with Crippen LogP contribution in [-0.2, 0) is 33.6 Å². The molecule has 0 aromatic rings. The number of hydrogen-bond donors (Lipinski definition) is 8.